The summed E-state index contributed by atoms with van der Waals surface area (Å²) in [5.74, 6) is 0.184. The Morgan fingerprint density at radius 3 is 2.29 bits per heavy atom. The van der Waals surface area contributed by atoms with Crippen LogP contribution in [0.25, 0.3) is 0 Å². The van der Waals surface area contributed by atoms with Crippen LogP contribution >= 0.6 is 0 Å². The fourth-order valence-electron chi connectivity index (χ4n) is 3.92. The predicted molar refractivity (Wildman–Crippen MR) is 105 cm³/mol. The molecule has 3 amide bonds. The lowest BCUT2D eigenvalue weighted by molar-refractivity contribution is -0.126. The Kier molecular flexibility index (Phi) is 9.37. The van der Waals surface area contributed by atoms with E-state index in [1.165, 1.54) is 17.7 Å². The van der Waals surface area contributed by atoms with Crippen molar-refractivity contribution in [3.8, 4) is 0 Å². The van der Waals surface area contributed by atoms with Gasteiger partial charge in [-0.25, -0.2) is 9.59 Å². The second kappa shape index (κ2) is 11.8. The van der Waals surface area contributed by atoms with Crippen LogP contribution < -0.4 is 10.6 Å². The highest BCUT2D eigenvalue weighted by atomic mass is 16.6. The number of carboxylic acid groups (broad SMARTS) is 1. The summed E-state index contributed by atoms with van der Waals surface area (Å²) in [6.07, 6.45) is 7.18. The number of hydrogen-bond donors (Lipinski definition) is 3. The van der Waals surface area contributed by atoms with Gasteiger partial charge in [-0.1, -0.05) is 26.2 Å². The van der Waals surface area contributed by atoms with E-state index in [1.807, 2.05) is 0 Å². The molecule has 160 valence electrons. The monoisotopic (exact) mass is 397 g/mol. The van der Waals surface area contributed by atoms with Gasteiger partial charge >= 0.3 is 12.2 Å². The number of hydrogen-bond acceptors (Lipinski definition) is 4. The second-order valence-corrected chi connectivity index (χ2v) is 7.92. The van der Waals surface area contributed by atoms with Gasteiger partial charge in [0.25, 0.3) is 0 Å². The van der Waals surface area contributed by atoms with E-state index in [9.17, 15) is 14.4 Å². The molecule has 0 aromatic heterocycles. The van der Waals surface area contributed by atoms with Crippen LogP contribution in [0.1, 0.15) is 71.1 Å². The molecule has 8 heteroatoms. The molecule has 0 unspecified atom stereocenters. The molecule has 28 heavy (non-hydrogen) atoms. The number of nitrogens with one attached hydrogen (secondary N) is 2. The summed E-state index contributed by atoms with van der Waals surface area (Å²) < 4.78 is 5.43. The first kappa shape index (κ1) is 22.3. The number of carbonyl (C=O) groups is 3. The van der Waals surface area contributed by atoms with Crippen molar-refractivity contribution in [2.24, 2.45) is 5.92 Å². The Morgan fingerprint density at radius 1 is 1.00 bits per heavy atom. The number of piperidine rings is 1. The van der Waals surface area contributed by atoms with E-state index >= 15 is 0 Å². The molecule has 8 nitrogen and oxygen atoms in total. The van der Waals surface area contributed by atoms with Gasteiger partial charge in [0.15, 0.2) is 0 Å². The third-order valence-corrected chi connectivity index (χ3v) is 5.74. The van der Waals surface area contributed by atoms with Crippen molar-refractivity contribution in [3.05, 3.63) is 0 Å². The summed E-state index contributed by atoms with van der Waals surface area (Å²) in [5, 5.41) is 14.9. The average Bonchev–Trinajstić information content (AvgIpc) is 2.68. The first-order valence-electron chi connectivity index (χ1n) is 10.7. The lowest BCUT2D eigenvalue weighted by Gasteiger charge is -2.31. The summed E-state index contributed by atoms with van der Waals surface area (Å²) in [6, 6.07) is 0.0419. The van der Waals surface area contributed by atoms with Gasteiger partial charge in [-0.15, -0.1) is 0 Å². The quantitative estimate of drug-likeness (QED) is 0.546. The van der Waals surface area contributed by atoms with E-state index in [-0.39, 0.29) is 24.0 Å². The number of likely N-dealkylation sites (tertiary alicyclic amines) is 1. The minimum absolute atomic E-state index is 0.0419. The van der Waals surface area contributed by atoms with Gasteiger partial charge in [0.2, 0.25) is 5.91 Å². The zero-order valence-corrected chi connectivity index (χ0v) is 17.0. The first-order valence-corrected chi connectivity index (χ1v) is 10.7. The smallest absolute Gasteiger partial charge is 0.407 e. The molecule has 1 aliphatic heterocycles. The van der Waals surface area contributed by atoms with Crippen molar-refractivity contribution in [1.29, 1.82) is 0 Å². The molecular formula is C20H35N3O5. The van der Waals surface area contributed by atoms with Crippen molar-refractivity contribution in [1.82, 2.24) is 15.5 Å². The van der Waals surface area contributed by atoms with Crippen LogP contribution in [0.2, 0.25) is 0 Å². The Labute approximate surface area is 167 Å². The third-order valence-electron chi connectivity index (χ3n) is 5.74. The standard InChI is InChI=1S/C20H35N3O5/c1-2-3-4-5-12-21-18(24)15-6-8-16(9-7-15)22-19(25)28-17-10-13-23(14-11-17)20(26)27/h15-17H,2-14H2,1H3,(H,21,24)(H,22,25)(H,26,27). The molecule has 1 aliphatic carbocycles. The van der Waals surface area contributed by atoms with Crippen molar-refractivity contribution in [3.63, 3.8) is 0 Å². The molecule has 2 aliphatic rings. The van der Waals surface area contributed by atoms with Crippen LogP contribution in [0.4, 0.5) is 9.59 Å². The predicted octanol–water partition coefficient (Wildman–Crippen LogP) is 3.11. The maximum Gasteiger partial charge on any atom is 0.407 e. The van der Waals surface area contributed by atoms with Crippen LogP contribution in [0.3, 0.4) is 0 Å². The van der Waals surface area contributed by atoms with Crippen LogP contribution in [-0.2, 0) is 9.53 Å². The summed E-state index contributed by atoms with van der Waals surface area (Å²) >= 11 is 0. The molecule has 0 radical (unpaired) electrons. The molecule has 1 saturated heterocycles. The molecule has 0 spiro atoms. The summed E-state index contributed by atoms with van der Waals surface area (Å²) in [6.45, 7) is 3.71. The van der Waals surface area contributed by atoms with Gasteiger partial charge in [-0.3, -0.25) is 4.79 Å². The number of amides is 3. The van der Waals surface area contributed by atoms with Crippen LogP contribution in [-0.4, -0.2) is 59.9 Å². The molecule has 0 bridgehead atoms. The fraction of sp³-hybridized carbons (Fsp3) is 0.850. The highest BCUT2D eigenvalue weighted by Crippen LogP contribution is 2.25. The summed E-state index contributed by atoms with van der Waals surface area (Å²) in [4.78, 5) is 36.6. The van der Waals surface area contributed by atoms with Gasteiger partial charge in [0.1, 0.15) is 6.10 Å². The minimum Gasteiger partial charge on any atom is -0.465 e. The van der Waals surface area contributed by atoms with E-state index in [0.717, 1.165) is 45.1 Å². The Balaban J connectivity index is 1.58. The molecule has 1 heterocycles. The average molecular weight is 398 g/mol. The Morgan fingerprint density at radius 2 is 1.68 bits per heavy atom. The molecule has 2 rings (SSSR count). The minimum atomic E-state index is -0.926. The summed E-state index contributed by atoms with van der Waals surface area (Å²) in [5.41, 5.74) is 0. The molecule has 1 saturated carbocycles. The third kappa shape index (κ3) is 7.56. The van der Waals surface area contributed by atoms with Crippen molar-refractivity contribution >= 4 is 18.1 Å². The van der Waals surface area contributed by atoms with E-state index in [2.05, 4.69) is 17.6 Å². The molecule has 0 aromatic carbocycles. The molecular weight excluding hydrogens is 362 g/mol. The lowest BCUT2D eigenvalue weighted by atomic mass is 9.85. The number of ether oxygens (including phenoxy) is 1. The zero-order valence-electron chi connectivity index (χ0n) is 17.0. The Bertz CT molecular complexity index is 512. The van der Waals surface area contributed by atoms with E-state index in [4.69, 9.17) is 9.84 Å². The number of rotatable bonds is 8. The van der Waals surface area contributed by atoms with Gasteiger partial charge < -0.3 is 25.4 Å². The highest BCUT2D eigenvalue weighted by Gasteiger charge is 2.29. The maximum atomic E-state index is 12.2. The number of alkyl carbamates (subject to hydrolysis) is 1. The van der Waals surface area contributed by atoms with Crippen LogP contribution in [0.15, 0.2) is 0 Å². The highest BCUT2D eigenvalue weighted by molar-refractivity contribution is 5.78. The molecule has 2 fully saturated rings. The van der Waals surface area contributed by atoms with Gasteiger partial charge in [-0.2, -0.15) is 0 Å². The number of carbonyl (C=O) groups excluding carboxylic acids is 2. The fourth-order valence-corrected chi connectivity index (χ4v) is 3.92. The number of unbranched alkanes of at least 4 members (excludes halogenated alkanes) is 3. The van der Waals surface area contributed by atoms with Crippen LogP contribution in [0, 0.1) is 5.92 Å². The largest absolute Gasteiger partial charge is 0.465 e. The van der Waals surface area contributed by atoms with E-state index < -0.39 is 12.2 Å². The number of nitrogens with zero attached hydrogens (tertiary/aromatic N) is 1. The van der Waals surface area contributed by atoms with Crippen molar-refractivity contribution < 1.29 is 24.2 Å². The van der Waals surface area contributed by atoms with Gasteiger partial charge in [0.05, 0.1) is 0 Å². The SMILES string of the molecule is CCCCCCNC(=O)C1CCC(NC(=O)OC2CCN(C(=O)O)CC2)CC1. The topological polar surface area (TPSA) is 108 Å². The zero-order chi connectivity index (χ0) is 20.4. The van der Waals surface area contributed by atoms with Gasteiger partial charge in [0, 0.05) is 44.4 Å². The molecule has 0 aromatic rings. The Hall–Kier alpha value is -1.99. The molecule has 0 atom stereocenters. The van der Waals surface area contributed by atoms with Gasteiger partial charge in [-0.05, 0) is 32.1 Å². The maximum absolute atomic E-state index is 12.2. The summed E-state index contributed by atoms with van der Waals surface area (Å²) in [7, 11) is 0. The second-order valence-electron chi connectivity index (χ2n) is 7.92. The van der Waals surface area contributed by atoms with Crippen LogP contribution in [0.5, 0.6) is 0 Å². The first-order chi connectivity index (χ1) is 13.5. The lowest BCUT2D eigenvalue weighted by Crippen LogP contribution is -2.44. The normalized spacial score (nSPS) is 23.1. The van der Waals surface area contributed by atoms with Crippen molar-refractivity contribution in [2.75, 3.05) is 19.6 Å². The molecule has 3 N–H and O–H groups in total. The van der Waals surface area contributed by atoms with E-state index in [0.29, 0.717) is 25.9 Å². The van der Waals surface area contributed by atoms with Crippen molar-refractivity contribution in [2.45, 2.75) is 83.3 Å². The van der Waals surface area contributed by atoms with E-state index in [1.54, 1.807) is 0 Å².